The Morgan fingerprint density at radius 2 is 0.744 bits per heavy atom. The van der Waals surface area contributed by atoms with E-state index in [1.807, 2.05) is 133 Å². The van der Waals surface area contributed by atoms with Crippen LogP contribution in [0.2, 0.25) is 0 Å². The number of anilines is 6. The number of phenols is 1. The number of nitrogens with zero attached hydrogens (tertiary/aromatic N) is 14. The predicted octanol–water partition coefficient (Wildman–Crippen LogP) is 24.1. The van der Waals surface area contributed by atoms with Gasteiger partial charge in [0.15, 0.2) is 50.9 Å². The number of aromatic nitrogens is 12. The zero-order valence-corrected chi connectivity index (χ0v) is 79.9. The molecule has 0 bridgehead atoms. The Kier molecular flexibility index (Phi) is 34.5. The highest BCUT2D eigenvalue weighted by atomic mass is 31.2. The van der Waals surface area contributed by atoms with Crippen molar-refractivity contribution in [2.45, 2.75) is 228 Å². The van der Waals surface area contributed by atoms with E-state index in [-0.39, 0.29) is 30.7 Å². The van der Waals surface area contributed by atoms with Crippen molar-refractivity contribution in [3.05, 3.63) is 233 Å². The van der Waals surface area contributed by atoms with Gasteiger partial charge in [0.1, 0.15) is 61.9 Å². The van der Waals surface area contributed by atoms with E-state index >= 15 is 0 Å². The van der Waals surface area contributed by atoms with E-state index in [1.165, 1.54) is 54.8 Å². The smallest absolute Gasteiger partial charge is 0.508 e. The lowest BCUT2D eigenvalue weighted by Gasteiger charge is -2.18. The largest absolute Gasteiger partial charge is 0.519 e. The third-order valence-corrected chi connectivity index (χ3v) is 35.7. The van der Waals surface area contributed by atoms with Crippen molar-refractivity contribution >= 4 is 123 Å². The number of fused-ring (bicyclic) bond motifs is 3. The number of ether oxygens (including phenoxy) is 3. The van der Waals surface area contributed by atoms with Gasteiger partial charge >= 0.3 is 12.2 Å². The molecular formula is C102H128N17O11P3. The zero-order valence-electron chi connectivity index (χ0n) is 77.2. The molecule has 0 radical (unpaired) electrons. The lowest BCUT2D eigenvalue weighted by Crippen LogP contribution is -2.29. The molecule has 7 aromatic carbocycles. The van der Waals surface area contributed by atoms with E-state index in [4.69, 9.17) is 59.1 Å². The summed E-state index contributed by atoms with van der Waals surface area (Å²) in [5, 5.41) is 34.0. The van der Waals surface area contributed by atoms with E-state index in [2.05, 4.69) is 66.6 Å². The van der Waals surface area contributed by atoms with Crippen LogP contribution in [0, 0.1) is 10.1 Å². The maximum absolute atomic E-state index is 13.7. The van der Waals surface area contributed by atoms with E-state index in [1.54, 1.807) is 49.8 Å². The molecular weight excluding hydrogens is 1730 g/mol. The van der Waals surface area contributed by atoms with E-state index in [9.17, 15) is 38.5 Å². The molecule has 3 aliphatic rings. The molecule has 6 heterocycles. The number of benzene rings is 7. The Labute approximate surface area is 780 Å². The molecule has 3 fully saturated rings. The standard InChI is InChI=1S/C37H41N6O6P.C34H45N6O3P.C30H38N5O2P.CH4/c1-3-22-50(47,23-4-2)32-18-12-28(13-19-32)39-35-33-36(41-34(40-35)27-9-5-6-10-27)42(25-38-33)21-20-26-8-7-11-31(24-26)49-37(44)48-30-16-14-29(15-17-30)43(45)46;1-5-21-44(42,22-6-2)29-17-15-27(16-18-29)36-32-30-33(38-31(37-32)26-12-8-9-13-26)40(24-35-30)20-19-25-11-10-14-28(23-25)43-34(41)39(4)7-3;1-3-18-38(37,19-4-2)26-14-12-24(13-15-26)32-29-27-30(34-28(33-29)23-9-5-6-10-23)35(21-31-27)17-16-22-8-7-11-25(36)20-22;/h7-8,11-19,24-25,27H,3-6,9-10,20-23H2,1-2H3,(H,39,40,41);10-11,14-18,23-24,26H,5-9,12-13,19-22H2,1-4H3,(H,36,37,38);7-8,11-15,20-21,23,36H,3-6,9-10,16-19H2,1-2H3,(H,32,33,34);1H4. The quantitative estimate of drug-likeness (QED) is 0.00918. The minimum atomic E-state index is -2.41. The van der Waals surface area contributed by atoms with Crippen LogP contribution in [0.3, 0.4) is 0 Å². The Morgan fingerprint density at radius 1 is 0.429 bits per heavy atom. The van der Waals surface area contributed by atoms with Gasteiger partial charge in [-0.1, -0.05) is 124 Å². The number of nitro benzene ring substituents is 1. The second-order valence-corrected chi connectivity index (χ2v) is 44.5. The van der Waals surface area contributed by atoms with Crippen LogP contribution in [-0.4, -0.2) is 136 Å². The minimum absolute atomic E-state index is 0. The van der Waals surface area contributed by atoms with Gasteiger partial charge in [-0.2, -0.15) is 0 Å². The average molecular weight is 1860 g/mol. The molecule has 13 aromatic rings. The normalized spacial score (nSPS) is 13.7. The van der Waals surface area contributed by atoms with E-state index in [0.717, 1.165) is 235 Å². The second-order valence-electron chi connectivity index (χ2n) is 34.9. The summed E-state index contributed by atoms with van der Waals surface area (Å²) in [4.78, 5) is 80.7. The molecule has 0 aliphatic heterocycles. The average Bonchev–Trinajstić information content (AvgIpc) is 1.66. The van der Waals surface area contributed by atoms with Crippen LogP contribution >= 0.6 is 21.4 Å². The third-order valence-electron chi connectivity index (χ3n) is 25.0. The van der Waals surface area contributed by atoms with Gasteiger partial charge in [0, 0.05) is 133 Å². The minimum Gasteiger partial charge on any atom is -0.508 e. The molecule has 28 nitrogen and oxygen atoms in total. The fourth-order valence-corrected chi connectivity index (χ4v) is 26.7. The molecule has 31 heteroatoms. The Bertz CT molecular complexity index is 6200. The molecule has 6 aromatic heterocycles. The van der Waals surface area contributed by atoms with Gasteiger partial charge in [-0.3, -0.25) is 10.1 Å². The maximum atomic E-state index is 13.7. The summed E-state index contributed by atoms with van der Waals surface area (Å²) in [5.41, 5.74) is 10.1. The summed E-state index contributed by atoms with van der Waals surface area (Å²) in [6, 6.07) is 51.4. The van der Waals surface area contributed by atoms with Gasteiger partial charge in [0.05, 0.1) is 23.9 Å². The van der Waals surface area contributed by atoms with Crippen molar-refractivity contribution in [3.8, 4) is 23.0 Å². The molecule has 0 saturated heterocycles. The molecule has 702 valence electrons. The summed E-state index contributed by atoms with van der Waals surface area (Å²) in [5.74, 6) is 6.88. The number of aryl methyl sites for hydroxylation is 6. The van der Waals surface area contributed by atoms with Crippen molar-refractivity contribution in [1.29, 1.82) is 0 Å². The van der Waals surface area contributed by atoms with Crippen LogP contribution in [-0.2, 0) is 52.6 Å². The SMILES string of the molecule is C.CCCP(=O)(CCC)c1ccc(Nc2nc(C3CCCC3)nc3c2ncn3CCc2cccc(O)c2)cc1.CCCP(=O)(CCC)c1ccc(Nc2nc(C3CCCC3)nc3c2ncn3CCc2cccc(OC(=O)N(C)CC)c2)cc1.CCCP(=O)(CCC)c1ccc(Nc2nc(C3CCCC3)nc3c2ncn3CCc2cccc(OC(=O)Oc3ccc([N+](=O)[O-])cc3)c2)cc1. The molecule has 16 rings (SSSR count). The molecule has 3 aliphatic carbocycles. The third kappa shape index (κ3) is 25.3. The molecule has 0 atom stereocenters. The van der Waals surface area contributed by atoms with Gasteiger partial charge in [-0.25, -0.2) is 54.4 Å². The number of nitro groups is 1. The molecule has 0 spiro atoms. The van der Waals surface area contributed by atoms with Crippen LogP contribution < -0.4 is 46.1 Å². The topological polar surface area (TPSA) is 347 Å². The lowest BCUT2D eigenvalue weighted by atomic mass is 10.1. The van der Waals surface area contributed by atoms with E-state index < -0.39 is 32.5 Å². The number of rotatable bonds is 38. The highest BCUT2D eigenvalue weighted by Crippen LogP contribution is 2.49. The fourth-order valence-electron chi connectivity index (χ4n) is 18.0. The van der Waals surface area contributed by atoms with Crippen molar-refractivity contribution in [2.24, 2.45) is 0 Å². The van der Waals surface area contributed by atoms with E-state index in [0.29, 0.717) is 84.8 Å². The number of imidazole rings is 3. The lowest BCUT2D eigenvalue weighted by molar-refractivity contribution is -0.384. The number of phenolic OH excluding ortho intramolecular Hbond substituents is 1. The first-order valence-electron chi connectivity index (χ1n) is 47.1. The second kappa shape index (κ2) is 46.6. The number of hydrogen-bond donors (Lipinski definition) is 4. The Morgan fingerprint density at radius 3 is 1.06 bits per heavy atom. The van der Waals surface area contributed by atoms with Gasteiger partial charge in [0.25, 0.3) is 5.69 Å². The first kappa shape index (κ1) is 98.5. The van der Waals surface area contributed by atoms with Gasteiger partial charge in [-0.05, 0) is 241 Å². The molecule has 0 unspecified atom stereocenters. The molecule has 3 saturated carbocycles. The van der Waals surface area contributed by atoms with Crippen molar-refractivity contribution < 1.29 is 47.5 Å². The monoisotopic (exact) mass is 1860 g/mol. The van der Waals surface area contributed by atoms with Crippen LogP contribution in [0.25, 0.3) is 33.5 Å². The number of amides is 1. The van der Waals surface area contributed by atoms with Gasteiger partial charge in [0.2, 0.25) is 0 Å². The van der Waals surface area contributed by atoms with Gasteiger partial charge in [-0.15, -0.1) is 0 Å². The van der Waals surface area contributed by atoms with Crippen molar-refractivity contribution in [3.63, 3.8) is 0 Å². The number of non-ortho nitro benzene ring substituents is 1. The summed E-state index contributed by atoms with van der Waals surface area (Å²) >= 11 is 0. The highest BCUT2D eigenvalue weighted by Gasteiger charge is 2.31. The number of carbonyl (C=O) groups is 2. The molecule has 1 amide bonds. The summed E-state index contributed by atoms with van der Waals surface area (Å²) in [6.07, 6.45) is 29.8. The van der Waals surface area contributed by atoms with Gasteiger partial charge < -0.3 is 67.6 Å². The summed E-state index contributed by atoms with van der Waals surface area (Å²) in [6.45, 7) is 17.0. The first-order chi connectivity index (χ1) is 64.1. The summed E-state index contributed by atoms with van der Waals surface area (Å²) in [7, 11) is -5.43. The zero-order chi connectivity index (χ0) is 92.7. The Hall–Kier alpha value is -12.0. The number of nitrogens with one attached hydrogen (secondary N) is 3. The van der Waals surface area contributed by atoms with Crippen LogP contribution in [0.4, 0.5) is 49.8 Å². The number of carbonyl (C=O) groups excluding carboxylic acids is 2. The molecule has 4 N–H and O–H groups in total. The number of hydrogen-bond acceptors (Lipinski definition) is 23. The van der Waals surface area contributed by atoms with Crippen LogP contribution in [0.1, 0.15) is 223 Å². The molecule has 133 heavy (non-hydrogen) atoms. The first-order valence-corrected chi connectivity index (χ1v) is 53.4. The number of aromatic hydroxyl groups is 1. The van der Waals surface area contributed by atoms with Crippen LogP contribution in [0.5, 0.6) is 23.0 Å². The maximum Gasteiger partial charge on any atom is 0.519 e. The predicted molar refractivity (Wildman–Crippen MR) is 534 cm³/mol. The van der Waals surface area contributed by atoms with Crippen molar-refractivity contribution in [2.75, 3.05) is 66.5 Å². The van der Waals surface area contributed by atoms with Crippen molar-refractivity contribution in [1.82, 2.24) is 63.5 Å². The highest BCUT2D eigenvalue weighted by molar-refractivity contribution is 7.72. The Balaban J connectivity index is 0.000000170. The fraction of sp³-hybridized carbons (Fsp3) is 0.422. The van der Waals surface area contributed by atoms with Crippen LogP contribution in [0.15, 0.2) is 189 Å². The summed E-state index contributed by atoms with van der Waals surface area (Å²) < 4.78 is 63.2.